The molecule has 0 aliphatic carbocycles. The Hall–Kier alpha value is -4.29. The van der Waals surface area contributed by atoms with Crippen molar-refractivity contribution >= 4 is 17.2 Å². The molecule has 188 valence electrons. The fourth-order valence-electron chi connectivity index (χ4n) is 3.44. The molecule has 4 rings (SSSR count). The summed E-state index contributed by atoms with van der Waals surface area (Å²) in [5.41, 5.74) is -2.76. The van der Waals surface area contributed by atoms with Gasteiger partial charge in [-0.1, -0.05) is 0 Å². The normalized spacial score (nSPS) is 12.0. The van der Waals surface area contributed by atoms with Gasteiger partial charge in [0.15, 0.2) is 22.8 Å². The largest absolute Gasteiger partial charge is 0.493 e. The number of methoxy groups -OCH3 is 2. The second-order valence-electron chi connectivity index (χ2n) is 7.45. The summed E-state index contributed by atoms with van der Waals surface area (Å²) < 4.78 is 90.5. The number of rotatable bonds is 5. The molecule has 4 aromatic rings. The van der Waals surface area contributed by atoms with E-state index in [0.29, 0.717) is 34.9 Å². The van der Waals surface area contributed by atoms with Gasteiger partial charge in [-0.3, -0.25) is 4.79 Å². The van der Waals surface area contributed by atoms with E-state index in [1.807, 2.05) is 0 Å². The standard InChI is InChI=1S/C23H16F6N4O3/c1-35-18-4-3-12(7-19(18)36-2)17-5-6-30-20-11-16(32-33(17)20)21(34)31-15-9-13(22(24,25)26)8-14(10-15)23(27,28)29/h3-11H,1-2H3,(H,31,34). The van der Waals surface area contributed by atoms with E-state index in [4.69, 9.17) is 9.47 Å². The molecule has 2 aromatic carbocycles. The highest BCUT2D eigenvalue weighted by Gasteiger charge is 2.37. The highest BCUT2D eigenvalue weighted by Crippen LogP contribution is 2.38. The molecule has 0 bridgehead atoms. The van der Waals surface area contributed by atoms with Crippen LogP contribution in [0.5, 0.6) is 11.5 Å². The van der Waals surface area contributed by atoms with E-state index in [1.165, 1.54) is 31.0 Å². The molecular formula is C23H16F6N4O3. The monoisotopic (exact) mass is 510 g/mol. The van der Waals surface area contributed by atoms with Crippen molar-refractivity contribution in [1.82, 2.24) is 14.6 Å². The Bertz CT molecular complexity index is 1410. The van der Waals surface area contributed by atoms with E-state index in [-0.39, 0.29) is 17.4 Å². The lowest BCUT2D eigenvalue weighted by atomic mass is 10.1. The van der Waals surface area contributed by atoms with Crippen molar-refractivity contribution in [3.8, 4) is 22.8 Å². The summed E-state index contributed by atoms with van der Waals surface area (Å²) >= 11 is 0. The second-order valence-corrected chi connectivity index (χ2v) is 7.45. The molecule has 2 heterocycles. The second kappa shape index (κ2) is 9.06. The van der Waals surface area contributed by atoms with Gasteiger partial charge in [0, 0.05) is 23.5 Å². The van der Waals surface area contributed by atoms with Gasteiger partial charge < -0.3 is 14.8 Å². The zero-order valence-corrected chi connectivity index (χ0v) is 18.5. The Morgan fingerprint density at radius 2 is 1.50 bits per heavy atom. The van der Waals surface area contributed by atoms with Gasteiger partial charge in [-0.25, -0.2) is 9.50 Å². The molecule has 1 N–H and O–H groups in total. The maximum atomic E-state index is 13.1. The van der Waals surface area contributed by atoms with Gasteiger partial charge in [-0.2, -0.15) is 31.4 Å². The first-order valence-electron chi connectivity index (χ1n) is 10.1. The van der Waals surface area contributed by atoms with Crippen LogP contribution in [0.2, 0.25) is 0 Å². The van der Waals surface area contributed by atoms with Crippen molar-refractivity contribution in [3.63, 3.8) is 0 Å². The number of carbonyl (C=O) groups excluding carboxylic acids is 1. The third-order valence-electron chi connectivity index (χ3n) is 5.12. The van der Waals surface area contributed by atoms with E-state index in [0.717, 1.165) is 0 Å². The van der Waals surface area contributed by atoms with Gasteiger partial charge in [0.25, 0.3) is 5.91 Å². The molecule has 13 heteroatoms. The molecule has 0 unspecified atom stereocenters. The van der Waals surface area contributed by atoms with Crippen LogP contribution in [0.1, 0.15) is 21.6 Å². The number of carbonyl (C=O) groups is 1. The molecule has 0 aliphatic heterocycles. The summed E-state index contributed by atoms with van der Waals surface area (Å²) in [6.07, 6.45) is -8.66. The number of ether oxygens (including phenoxy) is 2. The van der Waals surface area contributed by atoms with Crippen molar-refractivity contribution in [3.05, 3.63) is 71.5 Å². The molecule has 0 fully saturated rings. The van der Waals surface area contributed by atoms with E-state index in [2.05, 4.69) is 15.4 Å². The van der Waals surface area contributed by atoms with E-state index in [1.54, 1.807) is 24.3 Å². The molecule has 0 spiro atoms. The average molecular weight is 510 g/mol. The van der Waals surface area contributed by atoms with Crippen LogP contribution in [0, 0.1) is 0 Å². The van der Waals surface area contributed by atoms with E-state index in [9.17, 15) is 31.1 Å². The Kier molecular flexibility index (Phi) is 6.24. The summed E-state index contributed by atoms with van der Waals surface area (Å²) in [4.78, 5) is 16.8. The first-order chi connectivity index (χ1) is 16.9. The number of alkyl halides is 6. The van der Waals surface area contributed by atoms with Crippen LogP contribution >= 0.6 is 0 Å². The Labute approximate surface area is 199 Å². The number of hydrogen-bond donors (Lipinski definition) is 1. The Morgan fingerprint density at radius 1 is 0.861 bits per heavy atom. The van der Waals surface area contributed by atoms with Crippen LogP contribution in [0.3, 0.4) is 0 Å². The first-order valence-corrected chi connectivity index (χ1v) is 10.1. The molecule has 1 amide bonds. The van der Waals surface area contributed by atoms with Crippen molar-refractivity contribution in [2.45, 2.75) is 12.4 Å². The summed E-state index contributed by atoms with van der Waals surface area (Å²) in [5.74, 6) is -0.118. The van der Waals surface area contributed by atoms with Crippen LogP contribution in [0.15, 0.2) is 54.7 Å². The van der Waals surface area contributed by atoms with Crippen molar-refractivity contribution in [2.24, 2.45) is 0 Å². The summed E-state index contributed by atoms with van der Waals surface area (Å²) in [6, 6.07) is 8.67. The van der Waals surface area contributed by atoms with Gasteiger partial charge in [0.2, 0.25) is 0 Å². The zero-order chi connectivity index (χ0) is 26.3. The van der Waals surface area contributed by atoms with E-state index < -0.39 is 35.1 Å². The Balaban J connectivity index is 1.71. The molecule has 0 saturated carbocycles. The minimum atomic E-state index is -5.05. The van der Waals surface area contributed by atoms with Crippen molar-refractivity contribution in [1.29, 1.82) is 0 Å². The number of amides is 1. The predicted octanol–water partition coefficient (Wildman–Crippen LogP) is 5.70. The topological polar surface area (TPSA) is 77.8 Å². The molecule has 0 saturated heterocycles. The highest BCUT2D eigenvalue weighted by atomic mass is 19.4. The van der Waals surface area contributed by atoms with Crippen LogP contribution in [0.4, 0.5) is 32.0 Å². The fraction of sp³-hybridized carbons (Fsp3) is 0.174. The highest BCUT2D eigenvalue weighted by molar-refractivity contribution is 6.03. The predicted molar refractivity (Wildman–Crippen MR) is 116 cm³/mol. The van der Waals surface area contributed by atoms with Gasteiger partial charge in [0.05, 0.1) is 31.0 Å². The lowest BCUT2D eigenvalue weighted by molar-refractivity contribution is -0.143. The quantitative estimate of drug-likeness (QED) is 0.349. The number of benzene rings is 2. The lowest BCUT2D eigenvalue weighted by Gasteiger charge is -2.14. The third-order valence-corrected chi connectivity index (χ3v) is 5.12. The smallest absolute Gasteiger partial charge is 0.416 e. The molecular weight excluding hydrogens is 494 g/mol. The maximum Gasteiger partial charge on any atom is 0.416 e. The molecule has 2 aromatic heterocycles. The van der Waals surface area contributed by atoms with Crippen LogP contribution in [-0.4, -0.2) is 34.7 Å². The minimum absolute atomic E-state index is 0.0279. The number of nitrogens with zero attached hydrogens (tertiary/aromatic N) is 3. The third kappa shape index (κ3) is 4.90. The number of hydrogen-bond acceptors (Lipinski definition) is 5. The molecule has 36 heavy (non-hydrogen) atoms. The van der Waals surface area contributed by atoms with Crippen LogP contribution in [0.25, 0.3) is 16.9 Å². The zero-order valence-electron chi connectivity index (χ0n) is 18.5. The van der Waals surface area contributed by atoms with Crippen molar-refractivity contribution in [2.75, 3.05) is 19.5 Å². The number of nitrogens with one attached hydrogen (secondary N) is 1. The number of anilines is 1. The van der Waals surface area contributed by atoms with Crippen LogP contribution < -0.4 is 14.8 Å². The van der Waals surface area contributed by atoms with Gasteiger partial charge in [0.1, 0.15) is 0 Å². The van der Waals surface area contributed by atoms with Gasteiger partial charge in [-0.05, 0) is 42.5 Å². The Morgan fingerprint density at radius 3 is 2.08 bits per heavy atom. The minimum Gasteiger partial charge on any atom is -0.493 e. The number of halogens is 6. The molecule has 0 radical (unpaired) electrons. The fourth-order valence-corrected chi connectivity index (χ4v) is 3.44. The number of fused-ring (bicyclic) bond motifs is 1. The summed E-state index contributed by atoms with van der Waals surface area (Å²) in [5, 5.41) is 6.21. The summed E-state index contributed by atoms with van der Waals surface area (Å²) in [6.45, 7) is 0. The number of aromatic nitrogens is 3. The first kappa shape index (κ1) is 24.8. The molecule has 0 atom stereocenters. The molecule has 7 nitrogen and oxygen atoms in total. The lowest BCUT2D eigenvalue weighted by Crippen LogP contribution is -2.16. The van der Waals surface area contributed by atoms with Gasteiger partial charge in [-0.15, -0.1) is 0 Å². The van der Waals surface area contributed by atoms with Gasteiger partial charge >= 0.3 is 12.4 Å². The average Bonchev–Trinajstić information content (AvgIpc) is 3.27. The van der Waals surface area contributed by atoms with E-state index >= 15 is 0 Å². The molecule has 0 aliphatic rings. The van der Waals surface area contributed by atoms with Crippen molar-refractivity contribution < 1.29 is 40.6 Å². The van der Waals surface area contributed by atoms with Crippen LogP contribution in [-0.2, 0) is 12.4 Å². The summed E-state index contributed by atoms with van der Waals surface area (Å²) in [7, 11) is 2.93. The maximum absolute atomic E-state index is 13.1. The SMILES string of the molecule is COc1ccc(-c2ccnc3cc(C(=O)Nc4cc(C(F)(F)F)cc(C(F)(F)F)c4)nn23)cc1OC.